The van der Waals surface area contributed by atoms with Gasteiger partial charge in [0.2, 0.25) is 0 Å². The Bertz CT molecular complexity index is 154. The van der Waals surface area contributed by atoms with Gasteiger partial charge in [0.1, 0.15) is 0 Å². The van der Waals surface area contributed by atoms with Gasteiger partial charge in [-0.2, -0.15) is 11.8 Å². The molecule has 2 N–H and O–H groups in total. The highest BCUT2D eigenvalue weighted by Crippen LogP contribution is 2.07. The molecule has 0 aromatic heterocycles. The molecule has 0 saturated carbocycles. The highest BCUT2D eigenvalue weighted by atomic mass is 32.2. The van der Waals surface area contributed by atoms with Crippen molar-refractivity contribution in [3.05, 3.63) is 12.2 Å². The van der Waals surface area contributed by atoms with Gasteiger partial charge in [0, 0.05) is 17.1 Å². The maximum Gasteiger partial charge on any atom is 0.331 e. The molecule has 1 unspecified atom stereocenters. The summed E-state index contributed by atoms with van der Waals surface area (Å²) in [5, 5.41) is 17.2. The van der Waals surface area contributed by atoms with Crippen LogP contribution in [-0.4, -0.2) is 33.8 Å². The Kier molecular flexibility index (Phi) is 4.98. The van der Waals surface area contributed by atoms with Crippen molar-refractivity contribution in [2.45, 2.75) is 13.0 Å². The SMILES string of the molecule is C=C(CSCC(C)O)C(=O)O. The maximum atomic E-state index is 10.2. The lowest BCUT2D eigenvalue weighted by Crippen LogP contribution is -2.06. The van der Waals surface area contributed by atoms with Crippen LogP contribution >= 0.6 is 11.8 Å². The fourth-order valence-corrected chi connectivity index (χ4v) is 1.24. The van der Waals surface area contributed by atoms with E-state index in [2.05, 4.69) is 6.58 Å². The summed E-state index contributed by atoms with van der Waals surface area (Å²) in [6.45, 7) is 5.01. The normalized spacial score (nSPS) is 12.5. The summed E-state index contributed by atoms with van der Waals surface area (Å²) >= 11 is 1.37. The van der Waals surface area contributed by atoms with Gasteiger partial charge in [-0.1, -0.05) is 6.58 Å². The van der Waals surface area contributed by atoms with Crippen molar-refractivity contribution in [3.8, 4) is 0 Å². The van der Waals surface area contributed by atoms with Crippen molar-refractivity contribution in [1.29, 1.82) is 0 Å². The van der Waals surface area contributed by atoms with Crippen LogP contribution in [0.15, 0.2) is 12.2 Å². The van der Waals surface area contributed by atoms with Crippen LogP contribution in [0.4, 0.5) is 0 Å². The smallest absolute Gasteiger partial charge is 0.331 e. The summed E-state index contributed by atoms with van der Waals surface area (Å²) in [5.41, 5.74) is 0.177. The van der Waals surface area contributed by atoms with Crippen LogP contribution in [0.2, 0.25) is 0 Å². The van der Waals surface area contributed by atoms with Crippen molar-refractivity contribution >= 4 is 17.7 Å². The van der Waals surface area contributed by atoms with Crippen LogP contribution in [0.5, 0.6) is 0 Å². The van der Waals surface area contributed by atoms with Gasteiger partial charge >= 0.3 is 5.97 Å². The second kappa shape index (κ2) is 5.21. The number of rotatable bonds is 5. The highest BCUT2D eigenvalue weighted by molar-refractivity contribution is 7.99. The van der Waals surface area contributed by atoms with Crippen molar-refractivity contribution in [3.63, 3.8) is 0 Å². The number of aliphatic hydroxyl groups excluding tert-OH is 1. The fourth-order valence-electron chi connectivity index (χ4n) is 0.414. The number of thioether (sulfide) groups is 1. The first-order chi connectivity index (χ1) is 5.04. The molecule has 0 aliphatic heterocycles. The number of aliphatic hydroxyl groups is 1. The maximum absolute atomic E-state index is 10.2. The first kappa shape index (κ1) is 10.5. The average molecular weight is 176 g/mol. The summed E-state index contributed by atoms with van der Waals surface area (Å²) in [5.74, 6) is -0.0462. The first-order valence-corrected chi connectivity index (χ1v) is 4.36. The van der Waals surface area contributed by atoms with Gasteiger partial charge < -0.3 is 10.2 Å². The minimum absolute atomic E-state index is 0.177. The Labute approximate surface area is 70.1 Å². The lowest BCUT2D eigenvalue weighted by Gasteiger charge is -2.02. The molecule has 1 atom stereocenters. The zero-order valence-corrected chi connectivity index (χ0v) is 7.23. The number of aliphatic carboxylic acids is 1. The van der Waals surface area contributed by atoms with Crippen LogP contribution in [0.1, 0.15) is 6.92 Å². The third kappa shape index (κ3) is 5.94. The third-order valence-corrected chi connectivity index (χ3v) is 2.21. The molecule has 0 heterocycles. The fraction of sp³-hybridized carbons (Fsp3) is 0.571. The topological polar surface area (TPSA) is 57.5 Å². The van der Waals surface area contributed by atoms with Crippen LogP contribution in [0.25, 0.3) is 0 Å². The lowest BCUT2D eigenvalue weighted by molar-refractivity contribution is -0.132. The van der Waals surface area contributed by atoms with Crippen LogP contribution in [0.3, 0.4) is 0 Å². The molecule has 0 bridgehead atoms. The Morgan fingerprint density at radius 3 is 2.64 bits per heavy atom. The molecule has 0 saturated heterocycles. The van der Waals surface area contributed by atoms with Gasteiger partial charge in [0.05, 0.1) is 6.10 Å². The molecule has 0 amide bonds. The quantitative estimate of drug-likeness (QED) is 0.607. The second-order valence-electron chi connectivity index (χ2n) is 2.27. The molecule has 0 aliphatic rings. The number of hydrogen-bond donors (Lipinski definition) is 2. The molecule has 0 aromatic rings. The Balaban J connectivity index is 3.40. The predicted molar refractivity (Wildman–Crippen MR) is 45.8 cm³/mol. The standard InChI is InChI=1S/C7H12O3S/c1-5(7(9)10)3-11-4-6(2)8/h6,8H,1,3-4H2,2H3,(H,9,10). The molecule has 11 heavy (non-hydrogen) atoms. The average Bonchev–Trinajstić information content (AvgIpc) is 1.86. The summed E-state index contributed by atoms with van der Waals surface area (Å²) in [7, 11) is 0. The van der Waals surface area contributed by atoms with Gasteiger partial charge in [-0.05, 0) is 6.92 Å². The van der Waals surface area contributed by atoms with Crippen molar-refractivity contribution in [1.82, 2.24) is 0 Å². The number of carboxylic acids is 1. The van der Waals surface area contributed by atoms with Crippen LogP contribution in [-0.2, 0) is 4.79 Å². The number of hydrogen-bond acceptors (Lipinski definition) is 3. The molecule has 0 spiro atoms. The molecular formula is C7H12O3S. The second-order valence-corrected chi connectivity index (χ2v) is 3.30. The monoisotopic (exact) mass is 176 g/mol. The molecular weight excluding hydrogens is 164 g/mol. The molecule has 0 aromatic carbocycles. The molecule has 0 rings (SSSR count). The van der Waals surface area contributed by atoms with E-state index in [0.29, 0.717) is 11.5 Å². The zero-order chi connectivity index (χ0) is 8.85. The van der Waals surface area contributed by atoms with Crippen molar-refractivity contribution < 1.29 is 15.0 Å². The van der Waals surface area contributed by atoms with Gasteiger partial charge in [-0.3, -0.25) is 0 Å². The van der Waals surface area contributed by atoms with E-state index in [1.54, 1.807) is 6.92 Å². The van der Waals surface area contributed by atoms with Gasteiger partial charge in [0.15, 0.2) is 0 Å². The number of carbonyl (C=O) groups is 1. The zero-order valence-electron chi connectivity index (χ0n) is 6.41. The minimum Gasteiger partial charge on any atom is -0.478 e. The van der Waals surface area contributed by atoms with Gasteiger partial charge in [-0.25, -0.2) is 4.79 Å². The van der Waals surface area contributed by atoms with E-state index < -0.39 is 5.97 Å². The van der Waals surface area contributed by atoms with E-state index in [-0.39, 0.29) is 11.7 Å². The van der Waals surface area contributed by atoms with E-state index in [1.165, 1.54) is 11.8 Å². The molecule has 0 fully saturated rings. The van der Waals surface area contributed by atoms with Crippen molar-refractivity contribution in [2.24, 2.45) is 0 Å². The summed E-state index contributed by atoms with van der Waals surface area (Å²) in [6, 6.07) is 0. The third-order valence-electron chi connectivity index (χ3n) is 0.938. The Morgan fingerprint density at radius 2 is 2.27 bits per heavy atom. The molecule has 0 radical (unpaired) electrons. The predicted octanol–water partition coefficient (Wildman–Crippen LogP) is 0.741. The lowest BCUT2D eigenvalue weighted by atomic mass is 10.4. The van der Waals surface area contributed by atoms with Crippen molar-refractivity contribution in [2.75, 3.05) is 11.5 Å². The van der Waals surface area contributed by atoms with Crippen LogP contribution in [0, 0.1) is 0 Å². The van der Waals surface area contributed by atoms with Gasteiger partial charge in [-0.15, -0.1) is 0 Å². The van der Waals surface area contributed by atoms with E-state index in [1.807, 2.05) is 0 Å². The minimum atomic E-state index is -0.969. The summed E-state index contributed by atoms with van der Waals surface area (Å²) in [6.07, 6.45) is -0.387. The summed E-state index contributed by atoms with van der Waals surface area (Å²) in [4.78, 5) is 10.2. The van der Waals surface area contributed by atoms with E-state index in [9.17, 15) is 4.79 Å². The van der Waals surface area contributed by atoms with E-state index >= 15 is 0 Å². The van der Waals surface area contributed by atoms with E-state index in [0.717, 1.165) is 0 Å². The summed E-state index contributed by atoms with van der Waals surface area (Å²) < 4.78 is 0. The Hall–Kier alpha value is -0.480. The number of carboxylic acid groups (broad SMARTS) is 1. The Morgan fingerprint density at radius 1 is 1.73 bits per heavy atom. The first-order valence-electron chi connectivity index (χ1n) is 3.21. The molecule has 3 nitrogen and oxygen atoms in total. The molecule has 64 valence electrons. The highest BCUT2D eigenvalue weighted by Gasteiger charge is 2.04. The molecule has 0 aliphatic carbocycles. The van der Waals surface area contributed by atoms with Gasteiger partial charge in [0.25, 0.3) is 0 Å². The van der Waals surface area contributed by atoms with E-state index in [4.69, 9.17) is 10.2 Å². The molecule has 4 heteroatoms. The van der Waals surface area contributed by atoms with Crippen LogP contribution < -0.4 is 0 Å². The largest absolute Gasteiger partial charge is 0.478 e.